The largest absolute Gasteiger partial charge is 0.396 e. The third kappa shape index (κ3) is 2.89. The third-order valence-corrected chi connectivity index (χ3v) is 3.30. The van der Waals surface area contributed by atoms with E-state index in [2.05, 4.69) is 42.2 Å². The van der Waals surface area contributed by atoms with Crippen molar-refractivity contribution in [2.24, 2.45) is 0 Å². The number of nitrogen functional groups attached to an aromatic ring is 2. The molecule has 1 aromatic heterocycles. The number of nitrogens with zero attached hydrogens (tertiary/aromatic N) is 1. The van der Waals surface area contributed by atoms with Crippen molar-refractivity contribution < 1.29 is 0 Å². The molecule has 0 aliphatic heterocycles. The van der Waals surface area contributed by atoms with E-state index in [1.807, 2.05) is 18.2 Å². The van der Waals surface area contributed by atoms with Gasteiger partial charge in [0, 0.05) is 8.95 Å². The van der Waals surface area contributed by atoms with Gasteiger partial charge in [0.05, 0.1) is 11.4 Å². The van der Waals surface area contributed by atoms with Crippen LogP contribution in [0.1, 0.15) is 0 Å². The van der Waals surface area contributed by atoms with Gasteiger partial charge in [-0.3, -0.25) is 0 Å². The van der Waals surface area contributed by atoms with Crippen LogP contribution < -0.4 is 16.8 Å². The van der Waals surface area contributed by atoms with E-state index in [9.17, 15) is 0 Å². The Morgan fingerprint density at radius 2 is 1.82 bits per heavy atom. The lowest BCUT2D eigenvalue weighted by Gasteiger charge is -2.09. The summed E-state index contributed by atoms with van der Waals surface area (Å²) < 4.78 is 1.93. The number of aromatic nitrogens is 1. The first-order valence-electron chi connectivity index (χ1n) is 4.80. The second kappa shape index (κ2) is 4.93. The second-order valence-electron chi connectivity index (χ2n) is 3.42. The van der Waals surface area contributed by atoms with Crippen LogP contribution in [0.2, 0.25) is 0 Å². The quantitative estimate of drug-likeness (QED) is 0.768. The molecule has 0 unspecified atom stereocenters. The average molecular weight is 358 g/mol. The molecule has 17 heavy (non-hydrogen) atoms. The lowest BCUT2D eigenvalue weighted by molar-refractivity contribution is 1.31. The minimum atomic E-state index is 0.322. The number of anilines is 4. The highest BCUT2D eigenvalue weighted by molar-refractivity contribution is 9.11. The van der Waals surface area contributed by atoms with Gasteiger partial charge in [0.25, 0.3) is 0 Å². The number of nitrogens with two attached hydrogens (primary N) is 2. The maximum atomic E-state index is 5.64. The zero-order chi connectivity index (χ0) is 12.4. The molecule has 0 radical (unpaired) electrons. The summed E-state index contributed by atoms with van der Waals surface area (Å²) >= 11 is 6.85. The monoisotopic (exact) mass is 356 g/mol. The molecule has 2 aromatic rings. The molecule has 0 saturated heterocycles. The number of nitrogens with one attached hydrogen (secondary N) is 1. The van der Waals surface area contributed by atoms with Crippen LogP contribution in [0.25, 0.3) is 0 Å². The molecule has 88 valence electrons. The fraction of sp³-hybridized carbons (Fsp3) is 0. The van der Waals surface area contributed by atoms with Gasteiger partial charge in [-0.1, -0.05) is 15.9 Å². The maximum absolute atomic E-state index is 5.64. The predicted molar refractivity (Wildman–Crippen MR) is 78.2 cm³/mol. The fourth-order valence-corrected chi connectivity index (χ4v) is 2.43. The van der Waals surface area contributed by atoms with E-state index in [0.29, 0.717) is 17.3 Å². The zero-order valence-electron chi connectivity index (χ0n) is 8.74. The third-order valence-electron chi connectivity index (χ3n) is 2.15. The number of benzene rings is 1. The number of hydrogen-bond acceptors (Lipinski definition) is 4. The summed E-state index contributed by atoms with van der Waals surface area (Å²) in [5, 5.41) is 3.15. The second-order valence-corrected chi connectivity index (χ2v) is 5.19. The lowest BCUT2D eigenvalue weighted by atomic mass is 10.3. The first-order chi connectivity index (χ1) is 8.06. The Balaban J connectivity index is 2.28. The molecular formula is C11H10Br2N4. The standard InChI is InChI=1S/C11H10Br2N4/c12-6-1-3-9(7(13)5-6)16-10-4-2-8(14)11(15)17-10/h1-5H,14H2,(H3,15,16,17). The Morgan fingerprint density at radius 3 is 2.47 bits per heavy atom. The molecule has 0 amide bonds. The van der Waals surface area contributed by atoms with Crippen molar-refractivity contribution in [2.75, 3.05) is 16.8 Å². The smallest absolute Gasteiger partial charge is 0.149 e. The van der Waals surface area contributed by atoms with Gasteiger partial charge >= 0.3 is 0 Å². The molecule has 2 rings (SSSR count). The topological polar surface area (TPSA) is 77.0 Å². The number of halogens is 2. The summed E-state index contributed by atoms with van der Waals surface area (Å²) in [4.78, 5) is 4.14. The lowest BCUT2D eigenvalue weighted by Crippen LogP contribution is -2.01. The van der Waals surface area contributed by atoms with E-state index in [4.69, 9.17) is 11.5 Å². The van der Waals surface area contributed by atoms with Gasteiger partial charge in [0.1, 0.15) is 11.6 Å². The predicted octanol–water partition coefficient (Wildman–Crippen LogP) is 3.51. The highest BCUT2D eigenvalue weighted by Crippen LogP contribution is 2.28. The van der Waals surface area contributed by atoms with E-state index < -0.39 is 0 Å². The molecule has 0 fully saturated rings. The summed E-state index contributed by atoms with van der Waals surface area (Å²) in [6.07, 6.45) is 0. The average Bonchev–Trinajstić information content (AvgIpc) is 2.27. The first kappa shape index (κ1) is 12.2. The van der Waals surface area contributed by atoms with Gasteiger partial charge in [-0.05, 0) is 46.3 Å². The Bertz CT molecular complexity index is 557. The molecule has 4 nitrogen and oxygen atoms in total. The SMILES string of the molecule is Nc1ccc(Nc2ccc(Br)cc2Br)nc1N. The van der Waals surface area contributed by atoms with Crippen molar-refractivity contribution in [1.29, 1.82) is 0 Å². The van der Waals surface area contributed by atoms with E-state index in [-0.39, 0.29) is 0 Å². The zero-order valence-corrected chi connectivity index (χ0v) is 11.9. The van der Waals surface area contributed by atoms with Crippen LogP contribution in [0.3, 0.4) is 0 Å². The fourth-order valence-electron chi connectivity index (χ4n) is 1.28. The molecule has 0 saturated carbocycles. The Hall–Kier alpha value is -1.27. The van der Waals surface area contributed by atoms with Gasteiger partial charge in [-0.25, -0.2) is 4.98 Å². The number of pyridine rings is 1. The Labute approximate surface area is 116 Å². The van der Waals surface area contributed by atoms with Gasteiger partial charge in [-0.2, -0.15) is 0 Å². The Kier molecular flexibility index (Phi) is 3.54. The van der Waals surface area contributed by atoms with Gasteiger partial charge in [0.2, 0.25) is 0 Å². The Morgan fingerprint density at radius 1 is 1.06 bits per heavy atom. The normalized spacial score (nSPS) is 10.2. The first-order valence-corrected chi connectivity index (χ1v) is 6.39. The van der Waals surface area contributed by atoms with Crippen molar-refractivity contribution in [3.8, 4) is 0 Å². The van der Waals surface area contributed by atoms with Crippen molar-refractivity contribution in [2.45, 2.75) is 0 Å². The molecule has 0 bridgehead atoms. The molecule has 1 heterocycles. The molecule has 0 atom stereocenters. The van der Waals surface area contributed by atoms with Crippen LogP contribution >= 0.6 is 31.9 Å². The minimum Gasteiger partial charge on any atom is -0.396 e. The van der Waals surface area contributed by atoms with Crippen LogP contribution in [-0.4, -0.2) is 4.98 Å². The molecule has 1 aromatic carbocycles. The van der Waals surface area contributed by atoms with Crippen LogP contribution in [0, 0.1) is 0 Å². The van der Waals surface area contributed by atoms with E-state index >= 15 is 0 Å². The minimum absolute atomic E-state index is 0.322. The van der Waals surface area contributed by atoms with Gasteiger partial charge in [0.15, 0.2) is 0 Å². The highest BCUT2D eigenvalue weighted by atomic mass is 79.9. The number of rotatable bonds is 2. The van der Waals surface area contributed by atoms with Crippen molar-refractivity contribution >= 4 is 54.9 Å². The van der Waals surface area contributed by atoms with E-state index in [1.54, 1.807) is 12.1 Å². The summed E-state index contributed by atoms with van der Waals surface area (Å²) in [5.41, 5.74) is 12.6. The molecule has 6 heteroatoms. The summed E-state index contributed by atoms with van der Waals surface area (Å²) in [6, 6.07) is 9.32. The molecular weight excluding hydrogens is 348 g/mol. The van der Waals surface area contributed by atoms with Gasteiger partial charge in [-0.15, -0.1) is 0 Å². The molecule has 5 N–H and O–H groups in total. The summed E-state index contributed by atoms with van der Waals surface area (Å²) in [6.45, 7) is 0. The van der Waals surface area contributed by atoms with Crippen molar-refractivity contribution in [3.63, 3.8) is 0 Å². The van der Waals surface area contributed by atoms with Crippen LogP contribution in [0.4, 0.5) is 23.0 Å². The number of hydrogen-bond donors (Lipinski definition) is 3. The van der Waals surface area contributed by atoms with E-state index in [0.717, 1.165) is 14.6 Å². The van der Waals surface area contributed by atoms with Crippen molar-refractivity contribution in [3.05, 3.63) is 39.3 Å². The molecule has 0 spiro atoms. The maximum Gasteiger partial charge on any atom is 0.149 e. The van der Waals surface area contributed by atoms with Crippen LogP contribution in [-0.2, 0) is 0 Å². The molecule has 0 aliphatic rings. The summed E-state index contributed by atoms with van der Waals surface area (Å²) in [5.74, 6) is 0.975. The van der Waals surface area contributed by atoms with Crippen molar-refractivity contribution in [1.82, 2.24) is 4.98 Å². The van der Waals surface area contributed by atoms with Gasteiger partial charge < -0.3 is 16.8 Å². The summed E-state index contributed by atoms with van der Waals surface area (Å²) in [7, 11) is 0. The highest BCUT2D eigenvalue weighted by Gasteiger charge is 2.03. The molecule has 0 aliphatic carbocycles. The van der Waals surface area contributed by atoms with E-state index in [1.165, 1.54) is 0 Å². The van der Waals surface area contributed by atoms with Crippen LogP contribution in [0.15, 0.2) is 39.3 Å². The van der Waals surface area contributed by atoms with Crippen LogP contribution in [0.5, 0.6) is 0 Å².